The Morgan fingerprint density at radius 3 is 2.54 bits per heavy atom. The van der Waals surface area contributed by atoms with Crippen molar-refractivity contribution in [1.29, 1.82) is 0 Å². The Hall–Kier alpha value is -3.27. The van der Waals surface area contributed by atoms with Crippen LogP contribution < -0.4 is 9.47 Å². The van der Waals surface area contributed by atoms with Gasteiger partial charge in [-0.1, -0.05) is 34.0 Å². The summed E-state index contributed by atoms with van der Waals surface area (Å²) in [5.74, 6) is -1.17. The van der Waals surface area contributed by atoms with Crippen molar-refractivity contribution < 1.29 is 32.5 Å². The summed E-state index contributed by atoms with van der Waals surface area (Å²) in [7, 11) is 0. The number of nitrogens with zero attached hydrogens (tertiary/aromatic N) is 2. The van der Waals surface area contributed by atoms with E-state index in [-0.39, 0.29) is 34.7 Å². The molecule has 28 heavy (non-hydrogen) atoms. The SMILES string of the molecule is O=C(O)c1[nH]nnc1Oc1ccc(Cl)c(OCc2ccc(C(F)(F)F)cc2)c1. The largest absolute Gasteiger partial charge is 0.487 e. The summed E-state index contributed by atoms with van der Waals surface area (Å²) < 4.78 is 48.7. The molecule has 146 valence electrons. The zero-order valence-electron chi connectivity index (χ0n) is 13.8. The Morgan fingerprint density at radius 2 is 1.89 bits per heavy atom. The molecule has 0 amide bonds. The van der Waals surface area contributed by atoms with Crippen LogP contribution in [0, 0.1) is 0 Å². The first-order chi connectivity index (χ1) is 13.2. The van der Waals surface area contributed by atoms with E-state index in [4.69, 9.17) is 26.2 Å². The first kappa shape index (κ1) is 19.5. The molecule has 0 atom stereocenters. The number of nitrogens with one attached hydrogen (secondary N) is 1. The van der Waals surface area contributed by atoms with Crippen LogP contribution in [0.2, 0.25) is 5.02 Å². The number of aromatic nitrogens is 3. The van der Waals surface area contributed by atoms with E-state index in [2.05, 4.69) is 15.4 Å². The fraction of sp³-hybridized carbons (Fsp3) is 0.118. The topological polar surface area (TPSA) is 97.3 Å². The van der Waals surface area contributed by atoms with E-state index < -0.39 is 17.7 Å². The van der Waals surface area contributed by atoms with Gasteiger partial charge in [0.2, 0.25) is 5.69 Å². The maximum absolute atomic E-state index is 12.6. The van der Waals surface area contributed by atoms with E-state index in [1.807, 2.05) is 0 Å². The van der Waals surface area contributed by atoms with E-state index in [9.17, 15) is 18.0 Å². The predicted molar refractivity (Wildman–Crippen MR) is 90.6 cm³/mol. The standard InChI is InChI=1S/C17H11ClF3N3O4/c18-12-6-5-11(28-15-14(16(25)26)22-24-23-15)7-13(12)27-8-9-1-3-10(4-2-9)17(19,20)21/h1-7H,8H2,(H,25,26)(H,22,23,24). The van der Waals surface area contributed by atoms with Crippen LogP contribution in [-0.4, -0.2) is 26.5 Å². The van der Waals surface area contributed by atoms with Crippen LogP contribution in [0.4, 0.5) is 13.2 Å². The third kappa shape index (κ3) is 4.52. The maximum Gasteiger partial charge on any atom is 0.416 e. The van der Waals surface area contributed by atoms with Crippen LogP contribution in [0.25, 0.3) is 0 Å². The van der Waals surface area contributed by atoms with Gasteiger partial charge in [0.1, 0.15) is 18.1 Å². The van der Waals surface area contributed by atoms with E-state index in [1.54, 1.807) is 0 Å². The van der Waals surface area contributed by atoms with Gasteiger partial charge in [-0.2, -0.15) is 13.2 Å². The lowest BCUT2D eigenvalue weighted by molar-refractivity contribution is -0.137. The summed E-state index contributed by atoms with van der Waals surface area (Å²) >= 11 is 6.05. The molecule has 3 aromatic rings. The van der Waals surface area contributed by atoms with E-state index in [0.717, 1.165) is 12.1 Å². The van der Waals surface area contributed by atoms with E-state index in [0.29, 0.717) is 5.56 Å². The molecule has 0 unspecified atom stereocenters. The minimum atomic E-state index is -4.41. The number of aromatic amines is 1. The third-order valence-corrected chi connectivity index (χ3v) is 3.84. The highest BCUT2D eigenvalue weighted by Crippen LogP contribution is 2.33. The van der Waals surface area contributed by atoms with Crippen LogP contribution in [0.1, 0.15) is 21.6 Å². The Bertz CT molecular complexity index is 990. The molecular formula is C17H11ClF3N3O4. The lowest BCUT2D eigenvalue weighted by Gasteiger charge is -2.11. The van der Waals surface area contributed by atoms with Gasteiger partial charge < -0.3 is 14.6 Å². The third-order valence-electron chi connectivity index (χ3n) is 3.52. The van der Waals surface area contributed by atoms with Crippen LogP contribution in [0.15, 0.2) is 42.5 Å². The van der Waals surface area contributed by atoms with Gasteiger partial charge in [0, 0.05) is 6.07 Å². The molecule has 0 bridgehead atoms. The molecule has 11 heteroatoms. The predicted octanol–water partition coefficient (Wildman–Crippen LogP) is 4.55. The van der Waals surface area contributed by atoms with Gasteiger partial charge in [-0.25, -0.2) is 9.89 Å². The van der Waals surface area contributed by atoms with Gasteiger partial charge in [-0.05, 0) is 29.8 Å². The molecule has 0 aliphatic heterocycles. The van der Waals surface area contributed by atoms with Crippen LogP contribution in [0.3, 0.4) is 0 Å². The van der Waals surface area contributed by atoms with Crippen LogP contribution in [-0.2, 0) is 12.8 Å². The van der Waals surface area contributed by atoms with Gasteiger partial charge in [0.15, 0.2) is 0 Å². The Labute approximate surface area is 160 Å². The van der Waals surface area contributed by atoms with Crippen LogP contribution >= 0.6 is 11.6 Å². The molecule has 0 saturated heterocycles. The minimum absolute atomic E-state index is 0.0361. The number of carbonyl (C=O) groups is 1. The zero-order chi connectivity index (χ0) is 20.3. The highest BCUT2D eigenvalue weighted by atomic mass is 35.5. The molecule has 1 heterocycles. The van der Waals surface area contributed by atoms with Crippen LogP contribution in [0.5, 0.6) is 17.4 Å². The number of benzene rings is 2. The number of H-pyrrole nitrogens is 1. The normalized spacial score (nSPS) is 11.3. The summed E-state index contributed by atoms with van der Waals surface area (Å²) in [6.07, 6.45) is -4.41. The zero-order valence-corrected chi connectivity index (χ0v) is 14.6. The summed E-state index contributed by atoms with van der Waals surface area (Å²) in [6, 6.07) is 8.83. The second kappa shape index (κ2) is 7.77. The summed E-state index contributed by atoms with van der Waals surface area (Å²) in [5, 5.41) is 18.3. The first-order valence-corrected chi connectivity index (χ1v) is 8.02. The lowest BCUT2D eigenvalue weighted by atomic mass is 10.1. The van der Waals surface area contributed by atoms with E-state index >= 15 is 0 Å². The molecule has 0 radical (unpaired) electrons. The van der Waals surface area contributed by atoms with Gasteiger partial charge >= 0.3 is 12.1 Å². The lowest BCUT2D eigenvalue weighted by Crippen LogP contribution is -2.05. The average molecular weight is 414 g/mol. The quantitative estimate of drug-likeness (QED) is 0.615. The van der Waals surface area contributed by atoms with Crippen molar-refractivity contribution in [2.75, 3.05) is 0 Å². The van der Waals surface area contributed by atoms with Crippen molar-refractivity contribution in [2.24, 2.45) is 0 Å². The number of rotatable bonds is 6. The Balaban J connectivity index is 1.71. The summed E-state index contributed by atoms with van der Waals surface area (Å²) in [4.78, 5) is 11.0. The molecular weight excluding hydrogens is 403 g/mol. The highest BCUT2D eigenvalue weighted by Gasteiger charge is 2.29. The number of hydrogen-bond donors (Lipinski definition) is 2. The Morgan fingerprint density at radius 1 is 1.18 bits per heavy atom. The smallest absolute Gasteiger partial charge is 0.416 e. The fourth-order valence-electron chi connectivity index (χ4n) is 2.15. The first-order valence-electron chi connectivity index (χ1n) is 7.64. The monoisotopic (exact) mass is 413 g/mol. The maximum atomic E-state index is 12.6. The molecule has 0 saturated carbocycles. The molecule has 7 nitrogen and oxygen atoms in total. The molecule has 0 fully saturated rings. The minimum Gasteiger partial charge on any atom is -0.487 e. The fourth-order valence-corrected chi connectivity index (χ4v) is 2.32. The molecule has 2 N–H and O–H groups in total. The number of halogens is 4. The summed E-state index contributed by atoms with van der Waals surface area (Å²) in [5.41, 5.74) is -0.589. The number of hydrogen-bond acceptors (Lipinski definition) is 5. The second-order valence-corrected chi connectivity index (χ2v) is 5.88. The van der Waals surface area contributed by atoms with Crippen molar-refractivity contribution in [1.82, 2.24) is 15.4 Å². The molecule has 0 aliphatic rings. The number of alkyl halides is 3. The molecule has 1 aromatic heterocycles. The highest BCUT2D eigenvalue weighted by molar-refractivity contribution is 6.32. The van der Waals surface area contributed by atoms with Crippen molar-refractivity contribution in [3.05, 3.63) is 64.3 Å². The number of carboxylic acids is 1. The second-order valence-electron chi connectivity index (χ2n) is 5.47. The van der Waals surface area contributed by atoms with Crippen molar-refractivity contribution >= 4 is 17.6 Å². The van der Waals surface area contributed by atoms with Gasteiger partial charge in [0.25, 0.3) is 5.88 Å². The molecule has 0 aliphatic carbocycles. The Kier molecular flexibility index (Phi) is 5.41. The van der Waals surface area contributed by atoms with Gasteiger partial charge in [-0.3, -0.25) is 0 Å². The van der Waals surface area contributed by atoms with Gasteiger partial charge in [0.05, 0.1) is 10.6 Å². The summed E-state index contributed by atoms with van der Waals surface area (Å²) in [6.45, 7) is -0.0361. The molecule has 2 aromatic carbocycles. The van der Waals surface area contributed by atoms with Crippen molar-refractivity contribution in [2.45, 2.75) is 12.8 Å². The van der Waals surface area contributed by atoms with Crippen molar-refractivity contribution in [3.8, 4) is 17.4 Å². The van der Waals surface area contributed by atoms with E-state index in [1.165, 1.54) is 30.3 Å². The number of ether oxygens (including phenoxy) is 2. The van der Waals surface area contributed by atoms with Crippen molar-refractivity contribution in [3.63, 3.8) is 0 Å². The molecule has 0 spiro atoms. The number of aromatic carboxylic acids is 1. The average Bonchev–Trinajstić information content (AvgIpc) is 3.10. The number of carboxylic acid groups (broad SMARTS) is 1. The molecule has 3 rings (SSSR count). The van der Waals surface area contributed by atoms with Gasteiger partial charge in [-0.15, -0.1) is 0 Å².